The minimum Gasteiger partial charge on any atom is -0.726 e. The van der Waals surface area contributed by atoms with Gasteiger partial charge in [-0.1, -0.05) is 6.92 Å². The molecule has 0 aliphatic carbocycles. The van der Waals surface area contributed by atoms with Crippen molar-refractivity contribution in [2.45, 2.75) is 13.3 Å². The lowest BCUT2D eigenvalue weighted by atomic mass is 10.4. The fourth-order valence-corrected chi connectivity index (χ4v) is 0.781. The number of H-pyrrole nitrogens is 1. The molecule has 0 amide bonds. The molecule has 0 aliphatic heterocycles. The summed E-state index contributed by atoms with van der Waals surface area (Å²) >= 11 is 0. The number of aryl methyl sites for hydroxylation is 2. The summed E-state index contributed by atoms with van der Waals surface area (Å²) in [5.41, 5.74) is 1.34. The normalized spacial score (nSPS) is 10.5. The molecule has 7 heteroatoms. The summed E-state index contributed by atoms with van der Waals surface area (Å²) in [6, 6.07) is 0. The fraction of sp³-hybridized carbons (Fsp3) is 0.500. The van der Waals surface area contributed by atoms with Crippen molar-refractivity contribution in [3.05, 3.63) is 18.2 Å². The van der Waals surface area contributed by atoms with E-state index >= 15 is 0 Å². The molecule has 2 N–H and O–H groups in total. The molecule has 1 aromatic rings. The highest BCUT2D eigenvalue weighted by Gasteiger charge is 1.97. The maximum atomic E-state index is 8.63. The van der Waals surface area contributed by atoms with Gasteiger partial charge in [0.05, 0.1) is 7.05 Å². The summed E-state index contributed by atoms with van der Waals surface area (Å²) in [4.78, 5) is 3.01. The molecule has 0 aromatic carbocycles. The second-order valence-electron chi connectivity index (χ2n) is 2.32. The molecule has 0 atom stereocenters. The molecular weight excluding hydrogens is 196 g/mol. The molecule has 13 heavy (non-hydrogen) atoms. The highest BCUT2D eigenvalue weighted by molar-refractivity contribution is 7.79. The Morgan fingerprint density at radius 3 is 2.31 bits per heavy atom. The third kappa shape index (κ3) is 7.44. The first kappa shape index (κ1) is 12.1. The van der Waals surface area contributed by atoms with Crippen molar-refractivity contribution in [1.82, 2.24) is 4.98 Å². The lowest BCUT2D eigenvalue weighted by Crippen LogP contribution is -2.29. The van der Waals surface area contributed by atoms with E-state index in [2.05, 4.69) is 16.5 Å². The lowest BCUT2D eigenvalue weighted by molar-refractivity contribution is -0.677. The zero-order chi connectivity index (χ0) is 10.5. The van der Waals surface area contributed by atoms with Crippen LogP contribution in [0.15, 0.2) is 12.5 Å². The number of nitrogens with zero attached hydrogens (tertiary/aromatic N) is 1. The Bertz CT molecular complexity index is 335. The highest BCUT2D eigenvalue weighted by atomic mass is 32.3. The van der Waals surface area contributed by atoms with E-state index in [1.807, 2.05) is 19.6 Å². The van der Waals surface area contributed by atoms with E-state index in [4.69, 9.17) is 17.5 Å². The Hall–Kier alpha value is -0.920. The second-order valence-corrected chi connectivity index (χ2v) is 3.18. The minimum atomic E-state index is -4.92. The van der Waals surface area contributed by atoms with Gasteiger partial charge >= 0.3 is 0 Å². The van der Waals surface area contributed by atoms with Crippen LogP contribution < -0.4 is 4.57 Å². The molecule has 0 saturated carbocycles. The number of nitrogens with one attached hydrogen (secondary N) is 1. The van der Waals surface area contributed by atoms with Crippen molar-refractivity contribution in [3.8, 4) is 0 Å². The SMILES string of the molecule is CCc1c[nH]c[n+]1C.O=S(=O)([O-])O. The van der Waals surface area contributed by atoms with E-state index in [1.54, 1.807) is 0 Å². The molecule has 1 aromatic heterocycles. The van der Waals surface area contributed by atoms with E-state index in [9.17, 15) is 0 Å². The van der Waals surface area contributed by atoms with Gasteiger partial charge in [0.2, 0.25) is 16.7 Å². The summed E-state index contributed by atoms with van der Waals surface area (Å²) in [6.07, 6.45) is 5.05. The van der Waals surface area contributed by atoms with Gasteiger partial charge in [-0.25, -0.2) is 18.0 Å². The molecule has 1 rings (SSSR count). The first-order valence-electron chi connectivity index (χ1n) is 3.54. The van der Waals surface area contributed by atoms with Crippen molar-refractivity contribution < 1.29 is 22.1 Å². The molecule has 0 unspecified atom stereocenters. The van der Waals surface area contributed by atoms with Crippen LogP contribution in [0.1, 0.15) is 12.6 Å². The summed E-state index contributed by atoms with van der Waals surface area (Å²) in [6.45, 7) is 2.14. The van der Waals surface area contributed by atoms with Crippen LogP contribution in [0.25, 0.3) is 0 Å². The fourth-order valence-electron chi connectivity index (χ4n) is 0.781. The number of aromatic nitrogens is 2. The number of imidazole rings is 1. The zero-order valence-electron chi connectivity index (χ0n) is 7.39. The quantitative estimate of drug-likeness (QED) is 0.366. The summed E-state index contributed by atoms with van der Waals surface area (Å²) in [5.74, 6) is 0. The van der Waals surface area contributed by atoms with E-state index in [0.717, 1.165) is 6.42 Å². The minimum absolute atomic E-state index is 1.10. The largest absolute Gasteiger partial charge is 0.726 e. The zero-order valence-corrected chi connectivity index (χ0v) is 8.21. The van der Waals surface area contributed by atoms with Crippen molar-refractivity contribution in [1.29, 1.82) is 0 Å². The average Bonchev–Trinajstić information content (AvgIpc) is 2.31. The number of rotatable bonds is 1. The van der Waals surface area contributed by atoms with Crippen LogP contribution in [0, 0.1) is 0 Å². The molecule has 76 valence electrons. The molecule has 1 heterocycles. The summed E-state index contributed by atoms with van der Waals surface area (Å²) in [7, 11) is -2.88. The van der Waals surface area contributed by atoms with E-state index in [-0.39, 0.29) is 0 Å². The molecule has 0 aliphatic rings. The van der Waals surface area contributed by atoms with Crippen LogP contribution in [0.3, 0.4) is 0 Å². The topological polar surface area (TPSA) is 97.1 Å². The van der Waals surface area contributed by atoms with Gasteiger partial charge in [0.1, 0.15) is 11.9 Å². The van der Waals surface area contributed by atoms with Crippen molar-refractivity contribution in [3.63, 3.8) is 0 Å². The van der Waals surface area contributed by atoms with Gasteiger partial charge in [-0.3, -0.25) is 4.55 Å². The van der Waals surface area contributed by atoms with Crippen molar-refractivity contribution >= 4 is 10.4 Å². The van der Waals surface area contributed by atoms with Crippen LogP contribution >= 0.6 is 0 Å². The lowest BCUT2D eigenvalue weighted by Gasteiger charge is -1.88. The monoisotopic (exact) mass is 208 g/mol. The van der Waals surface area contributed by atoms with Crippen LogP contribution in [-0.2, 0) is 23.9 Å². The Kier molecular flexibility index (Phi) is 4.60. The summed E-state index contributed by atoms with van der Waals surface area (Å²) in [5, 5.41) is 0. The van der Waals surface area contributed by atoms with Gasteiger partial charge in [-0.15, -0.1) is 0 Å². The predicted octanol–water partition coefficient (Wildman–Crippen LogP) is -0.594. The second kappa shape index (κ2) is 4.95. The van der Waals surface area contributed by atoms with E-state index < -0.39 is 10.4 Å². The van der Waals surface area contributed by atoms with Crippen molar-refractivity contribution in [2.24, 2.45) is 7.05 Å². The van der Waals surface area contributed by atoms with Crippen molar-refractivity contribution in [2.75, 3.05) is 0 Å². The first-order valence-corrected chi connectivity index (χ1v) is 4.90. The number of hydrogen-bond donors (Lipinski definition) is 2. The molecule has 0 radical (unpaired) electrons. The molecule has 0 fully saturated rings. The van der Waals surface area contributed by atoms with Gasteiger partial charge in [0.15, 0.2) is 0 Å². The Balaban J connectivity index is 0.000000252. The van der Waals surface area contributed by atoms with Gasteiger partial charge in [-0.05, 0) is 0 Å². The average molecular weight is 208 g/mol. The van der Waals surface area contributed by atoms with Gasteiger partial charge in [0.25, 0.3) is 0 Å². The van der Waals surface area contributed by atoms with Crippen LogP contribution in [-0.4, -0.2) is 22.5 Å². The van der Waals surface area contributed by atoms with E-state index in [1.165, 1.54) is 5.69 Å². The third-order valence-electron chi connectivity index (χ3n) is 1.33. The maximum Gasteiger partial charge on any atom is 0.241 e. The Morgan fingerprint density at radius 2 is 2.15 bits per heavy atom. The first-order chi connectivity index (χ1) is 5.84. The smallest absolute Gasteiger partial charge is 0.241 e. The molecular formula is C6H12N2O4S. The number of hydrogen-bond acceptors (Lipinski definition) is 3. The van der Waals surface area contributed by atoms with Crippen LogP contribution in [0.2, 0.25) is 0 Å². The van der Waals surface area contributed by atoms with Gasteiger partial charge < -0.3 is 4.55 Å². The van der Waals surface area contributed by atoms with Gasteiger partial charge in [0, 0.05) is 6.42 Å². The Morgan fingerprint density at radius 1 is 1.69 bits per heavy atom. The molecule has 0 spiro atoms. The van der Waals surface area contributed by atoms with Crippen LogP contribution in [0.5, 0.6) is 0 Å². The molecule has 0 bridgehead atoms. The number of aromatic amines is 1. The maximum absolute atomic E-state index is 8.63. The molecule has 0 saturated heterocycles. The van der Waals surface area contributed by atoms with E-state index in [0.29, 0.717) is 0 Å². The molecule has 6 nitrogen and oxygen atoms in total. The third-order valence-corrected chi connectivity index (χ3v) is 1.33. The van der Waals surface area contributed by atoms with Crippen LogP contribution in [0.4, 0.5) is 0 Å². The predicted molar refractivity (Wildman–Crippen MR) is 43.7 cm³/mol. The summed E-state index contributed by atoms with van der Waals surface area (Å²) < 4.78 is 34.9. The van der Waals surface area contributed by atoms with Gasteiger partial charge in [-0.2, -0.15) is 0 Å². The Labute approximate surface area is 76.8 Å². The highest BCUT2D eigenvalue weighted by Crippen LogP contribution is 1.85. The standard InChI is InChI=1S/C6H10N2.H2O4S/c1-3-6-4-7-5-8(6)2;1-5(2,3)4/h4-5H,3H2,1-2H3;(H2,1,2,3,4).